The van der Waals surface area contributed by atoms with Gasteiger partial charge in [-0.2, -0.15) is 17.0 Å². The summed E-state index contributed by atoms with van der Waals surface area (Å²) in [7, 11) is -3.43. The molecule has 0 bridgehead atoms. The Morgan fingerprint density at radius 1 is 0.885 bits per heavy atom. The maximum atomic E-state index is 13.3. The van der Waals surface area contributed by atoms with Crippen LogP contribution in [0.1, 0.15) is 42.4 Å². The van der Waals surface area contributed by atoms with Gasteiger partial charge in [0.25, 0.3) is 10.2 Å². The summed E-state index contributed by atoms with van der Waals surface area (Å²) in [5.41, 5.74) is 3.53. The Balaban J connectivity index is 1.67. The van der Waals surface area contributed by atoms with Gasteiger partial charge >= 0.3 is 0 Å². The first-order valence-corrected chi connectivity index (χ1v) is 10.8. The highest BCUT2D eigenvalue weighted by Gasteiger charge is 2.37. The highest BCUT2D eigenvalue weighted by molar-refractivity contribution is 7.86. The van der Waals surface area contributed by atoms with Crippen LogP contribution in [0.25, 0.3) is 0 Å². The van der Waals surface area contributed by atoms with Crippen LogP contribution in [-0.2, 0) is 16.8 Å². The molecular formula is C21H26N2O2S. The Kier molecular flexibility index (Phi) is 4.86. The summed E-state index contributed by atoms with van der Waals surface area (Å²) in [5, 5.41) is 0. The van der Waals surface area contributed by atoms with Crippen molar-refractivity contribution >= 4 is 10.2 Å². The van der Waals surface area contributed by atoms with E-state index in [9.17, 15) is 8.42 Å². The second-order valence-corrected chi connectivity index (χ2v) is 9.47. The molecule has 1 atom stereocenters. The summed E-state index contributed by atoms with van der Waals surface area (Å²) >= 11 is 0. The molecule has 5 heteroatoms. The van der Waals surface area contributed by atoms with Crippen LogP contribution in [0.2, 0.25) is 0 Å². The molecule has 1 fully saturated rings. The number of piperidine rings is 1. The van der Waals surface area contributed by atoms with Crippen LogP contribution in [-0.4, -0.2) is 36.7 Å². The molecule has 0 aliphatic carbocycles. The maximum Gasteiger partial charge on any atom is 0.282 e. The second kappa shape index (κ2) is 7.14. The van der Waals surface area contributed by atoms with Crippen LogP contribution in [0.4, 0.5) is 0 Å². The van der Waals surface area contributed by atoms with Crippen molar-refractivity contribution in [1.82, 2.24) is 8.61 Å². The zero-order valence-electron chi connectivity index (χ0n) is 15.2. The fraction of sp³-hybridized carbons (Fsp3) is 0.429. The molecule has 2 aliphatic heterocycles. The van der Waals surface area contributed by atoms with Gasteiger partial charge in [0.05, 0.1) is 0 Å². The standard InChI is InChI=1S/C21H26N2O2S/c1-17-11-13-22(14-12-17)26(24,25)23-15-19-9-5-6-10-20(19)21(16-23)18-7-3-2-4-8-18/h2-10,17,21H,11-16H2,1H3. The average Bonchev–Trinajstić information content (AvgIpc) is 2.68. The molecular weight excluding hydrogens is 344 g/mol. The van der Waals surface area contributed by atoms with E-state index in [1.165, 1.54) is 11.1 Å². The summed E-state index contributed by atoms with van der Waals surface area (Å²) < 4.78 is 29.9. The molecule has 138 valence electrons. The number of nitrogens with zero attached hydrogens (tertiary/aromatic N) is 2. The van der Waals surface area contributed by atoms with E-state index >= 15 is 0 Å². The third kappa shape index (κ3) is 3.31. The molecule has 1 unspecified atom stereocenters. The van der Waals surface area contributed by atoms with Gasteiger partial charge in [-0.1, -0.05) is 61.5 Å². The van der Waals surface area contributed by atoms with E-state index in [0.717, 1.165) is 18.4 Å². The van der Waals surface area contributed by atoms with Crippen LogP contribution in [0.5, 0.6) is 0 Å². The third-order valence-corrected chi connectivity index (χ3v) is 7.71. The zero-order chi connectivity index (χ0) is 18.1. The first-order chi connectivity index (χ1) is 12.6. The van der Waals surface area contributed by atoms with Gasteiger partial charge in [-0.15, -0.1) is 0 Å². The van der Waals surface area contributed by atoms with E-state index in [4.69, 9.17) is 0 Å². The normalized spacial score (nSPS) is 22.9. The van der Waals surface area contributed by atoms with Gasteiger partial charge in [-0.3, -0.25) is 0 Å². The fourth-order valence-corrected chi connectivity index (χ4v) is 5.74. The quantitative estimate of drug-likeness (QED) is 0.828. The fourth-order valence-electron chi connectivity index (χ4n) is 4.10. The predicted molar refractivity (Wildman–Crippen MR) is 104 cm³/mol. The summed E-state index contributed by atoms with van der Waals surface area (Å²) in [6.45, 7) is 4.45. The van der Waals surface area contributed by atoms with E-state index in [0.29, 0.717) is 32.1 Å². The Labute approximate surface area is 156 Å². The molecule has 2 aromatic rings. The minimum absolute atomic E-state index is 0.0830. The summed E-state index contributed by atoms with van der Waals surface area (Å²) in [6.07, 6.45) is 1.90. The monoisotopic (exact) mass is 370 g/mol. The largest absolute Gasteiger partial charge is 0.282 e. The molecule has 1 saturated heterocycles. The maximum absolute atomic E-state index is 13.3. The number of rotatable bonds is 3. The SMILES string of the molecule is CC1CCN(S(=O)(=O)N2Cc3ccccc3C(c3ccccc3)C2)CC1. The van der Waals surface area contributed by atoms with Crippen molar-refractivity contribution in [2.24, 2.45) is 5.92 Å². The minimum Gasteiger partial charge on any atom is -0.195 e. The summed E-state index contributed by atoms with van der Waals surface area (Å²) in [6, 6.07) is 18.5. The van der Waals surface area contributed by atoms with Crippen molar-refractivity contribution in [2.45, 2.75) is 32.2 Å². The third-order valence-electron chi connectivity index (χ3n) is 5.76. The van der Waals surface area contributed by atoms with E-state index in [-0.39, 0.29) is 5.92 Å². The molecule has 26 heavy (non-hydrogen) atoms. The van der Waals surface area contributed by atoms with Crippen LogP contribution < -0.4 is 0 Å². The molecule has 0 radical (unpaired) electrons. The van der Waals surface area contributed by atoms with Crippen molar-refractivity contribution in [3.05, 3.63) is 71.3 Å². The van der Waals surface area contributed by atoms with Crippen molar-refractivity contribution in [3.8, 4) is 0 Å². The molecule has 2 aliphatic rings. The van der Waals surface area contributed by atoms with Gasteiger partial charge in [0, 0.05) is 32.1 Å². The molecule has 0 N–H and O–H groups in total. The van der Waals surface area contributed by atoms with Crippen LogP contribution in [0.3, 0.4) is 0 Å². The number of benzene rings is 2. The molecule has 2 heterocycles. The van der Waals surface area contributed by atoms with E-state index in [1.807, 2.05) is 30.3 Å². The summed E-state index contributed by atoms with van der Waals surface area (Å²) in [4.78, 5) is 0. The van der Waals surface area contributed by atoms with Gasteiger partial charge in [0.2, 0.25) is 0 Å². The predicted octanol–water partition coefficient (Wildman–Crippen LogP) is 3.61. The molecule has 0 spiro atoms. The first-order valence-electron chi connectivity index (χ1n) is 9.43. The zero-order valence-corrected chi connectivity index (χ0v) is 16.0. The van der Waals surface area contributed by atoms with Gasteiger partial charge in [-0.25, -0.2) is 0 Å². The topological polar surface area (TPSA) is 40.6 Å². The van der Waals surface area contributed by atoms with Gasteiger partial charge in [0.1, 0.15) is 0 Å². The Morgan fingerprint density at radius 2 is 1.54 bits per heavy atom. The molecule has 4 rings (SSSR count). The van der Waals surface area contributed by atoms with Gasteiger partial charge < -0.3 is 0 Å². The van der Waals surface area contributed by atoms with E-state index in [2.05, 4.69) is 31.2 Å². The van der Waals surface area contributed by atoms with Gasteiger partial charge in [-0.05, 0) is 35.4 Å². The lowest BCUT2D eigenvalue weighted by molar-refractivity contribution is 0.257. The average molecular weight is 371 g/mol. The van der Waals surface area contributed by atoms with Crippen molar-refractivity contribution in [2.75, 3.05) is 19.6 Å². The lowest BCUT2D eigenvalue weighted by Crippen LogP contribution is -2.49. The lowest BCUT2D eigenvalue weighted by atomic mass is 9.86. The van der Waals surface area contributed by atoms with Crippen LogP contribution in [0, 0.1) is 5.92 Å². The van der Waals surface area contributed by atoms with Crippen LogP contribution in [0.15, 0.2) is 54.6 Å². The van der Waals surface area contributed by atoms with Crippen molar-refractivity contribution in [3.63, 3.8) is 0 Å². The molecule has 0 saturated carbocycles. The Hall–Kier alpha value is -1.69. The van der Waals surface area contributed by atoms with Crippen molar-refractivity contribution in [1.29, 1.82) is 0 Å². The first kappa shape index (κ1) is 17.7. The lowest BCUT2D eigenvalue weighted by Gasteiger charge is -2.38. The number of fused-ring (bicyclic) bond motifs is 1. The molecule has 4 nitrogen and oxygen atoms in total. The Morgan fingerprint density at radius 3 is 2.27 bits per heavy atom. The molecule has 2 aromatic carbocycles. The van der Waals surface area contributed by atoms with Crippen molar-refractivity contribution < 1.29 is 8.42 Å². The van der Waals surface area contributed by atoms with E-state index in [1.54, 1.807) is 8.61 Å². The minimum atomic E-state index is -3.43. The highest BCUT2D eigenvalue weighted by atomic mass is 32.2. The van der Waals surface area contributed by atoms with E-state index < -0.39 is 10.2 Å². The number of hydrogen-bond acceptors (Lipinski definition) is 2. The summed E-state index contributed by atoms with van der Waals surface area (Å²) in [5.74, 6) is 0.695. The smallest absolute Gasteiger partial charge is 0.195 e. The molecule has 0 aromatic heterocycles. The number of hydrogen-bond donors (Lipinski definition) is 0. The second-order valence-electron chi connectivity index (χ2n) is 7.54. The van der Waals surface area contributed by atoms with Crippen LogP contribution >= 0.6 is 0 Å². The molecule has 0 amide bonds. The van der Waals surface area contributed by atoms with Gasteiger partial charge in [0.15, 0.2) is 0 Å². The highest BCUT2D eigenvalue weighted by Crippen LogP contribution is 2.35. The Bertz CT molecular complexity index is 859.